The van der Waals surface area contributed by atoms with E-state index in [4.69, 9.17) is 16.7 Å². The van der Waals surface area contributed by atoms with Crippen LogP contribution in [-0.2, 0) is 16.6 Å². The molecule has 0 unspecified atom stereocenters. The van der Waals surface area contributed by atoms with E-state index in [-0.39, 0.29) is 22.1 Å². The number of hydrogen-bond acceptors (Lipinski definition) is 3. The maximum Gasteiger partial charge on any atom is 0.242 e. The quantitative estimate of drug-likeness (QED) is 0.878. The van der Waals surface area contributed by atoms with Gasteiger partial charge in [0.1, 0.15) is 4.90 Å². The Kier molecular flexibility index (Phi) is 4.20. The van der Waals surface area contributed by atoms with Gasteiger partial charge in [-0.1, -0.05) is 24.6 Å². The molecule has 4 nitrogen and oxygen atoms in total. The molecule has 0 atom stereocenters. The number of rotatable bonds is 5. The molecule has 2 rings (SSSR count). The Morgan fingerprint density at radius 1 is 1.42 bits per heavy atom. The van der Waals surface area contributed by atoms with Crippen molar-refractivity contribution in [2.24, 2.45) is 0 Å². The fourth-order valence-corrected chi connectivity index (χ4v) is 4.41. The summed E-state index contributed by atoms with van der Waals surface area (Å²) < 4.78 is 27.6. The first-order valence-electron chi connectivity index (χ1n) is 6.36. The van der Waals surface area contributed by atoms with E-state index in [0.29, 0.717) is 5.56 Å². The van der Waals surface area contributed by atoms with Crippen molar-refractivity contribution in [3.8, 4) is 0 Å². The molecule has 1 fully saturated rings. The molecule has 0 saturated heterocycles. The number of hydrogen-bond donors (Lipinski definition) is 2. The molecule has 1 aromatic rings. The van der Waals surface area contributed by atoms with Crippen LogP contribution in [0.25, 0.3) is 0 Å². The molecule has 0 aromatic heterocycles. The molecule has 1 saturated carbocycles. The van der Waals surface area contributed by atoms with Crippen LogP contribution < -0.4 is 4.72 Å². The molecule has 0 heterocycles. The summed E-state index contributed by atoms with van der Waals surface area (Å²) in [6.45, 7) is 1.77. The van der Waals surface area contributed by atoms with E-state index in [2.05, 4.69) is 4.72 Å². The predicted octanol–water partition coefficient (Wildman–Crippen LogP) is 2.44. The van der Waals surface area contributed by atoms with Crippen LogP contribution in [0.4, 0.5) is 0 Å². The van der Waals surface area contributed by atoms with Crippen molar-refractivity contribution in [1.29, 1.82) is 0 Å². The highest BCUT2D eigenvalue weighted by Crippen LogP contribution is 2.36. The topological polar surface area (TPSA) is 66.4 Å². The Morgan fingerprint density at radius 3 is 2.58 bits per heavy atom. The van der Waals surface area contributed by atoms with Crippen molar-refractivity contribution in [3.63, 3.8) is 0 Å². The Morgan fingerprint density at radius 2 is 2.11 bits per heavy atom. The van der Waals surface area contributed by atoms with Gasteiger partial charge in [0.15, 0.2) is 0 Å². The standard InChI is InChI=1S/C13H18ClNO3S/c1-2-13(6-3-7-13)15-19(17,18)12-8-10(9-16)4-5-11(12)14/h4-5,8,15-16H,2-3,6-7,9H2,1H3. The zero-order valence-corrected chi connectivity index (χ0v) is 12.4. The first kappa shape index (κ1) is 14.8. The fraction of sp³-hybridized carbons (Fsp3) is 0.538. The monoisotopic (exact) mass is 303 g/mol. The van der Waals surface area contributed by atoms with Gasteiger partial charge in [0.05, 0.1) is 11.6 Å². The van der Waals surface area contributed by atoms with Crippen LogP contribution in [0.1, 0.15) is 38.2 Å². The Balaban J connectivity index is 2.34. The summed E-state index contributed by atoms with van der Waals surface area (Å²) in [6, 6.07) is 4.54. The lowest BCUT2D eigenvalue weighted by Crippen LogP contribution is -2.52. The van der Waals surface area contributed by atoms with E-state index in [1.165, 1.54) is 12.1 Å². The van der Waals surface area contributed by atoms with E-state index in [9.17, 15) is 8.42 Å². The largest absolute Gasteiger partial charge is 0.392 e. The number of sulfonamides is 1. The highest BCUT2D eigenvalue weighted by Gasteiger charge is 2.39. The van der Waals surface area contributed by atoms with Crippen molar-refractivity contribution in [2.75, 3.05) is 0 Å². The molecule has 2 N–H and O–H groups in total. The second-order valence-corrected chi connectivity index (χ2v) is 7.07. The highest BCUT2D eigenvalue weighted by molar-refractivity contribution is 7.89. The Bertz CT molecular complexity index is 562. The van der Waals surface area contributed by atoms with Crippen molar-refractivity contribution < 1.29 is 13.5 Å². The average molecular weight is 304 g/mol. The average Bonchev–Trinajstić information content (AvgIpc) is 2.34. The minimum Gasteiger partial charge on any atom is -0.392 e. The smallest absolute Gasteiger partial charge is 0.242 e. The van der Waals surface area contributed by atoms with Crippen molar-refractivity contribution in [2.45, 2.75) is 49.6 Å². The lowest BCUT2D eigenvalue weighted by atomic mass is 9.76. The molecule has 6 heteroatoms. The van der Waals surface area contributed by atoms with Gasteiger partial charge in [0.25, 0.3) is 0 Å². The molecular weight excluding hydrogens is 286 g/mol. The predicted molar refractivity (Wildman–Crippen MR) is 74.6 cm³/mol. The second-order valence-electron chi connectivity index (χ2n) is 5.02. The van der Waals surface area contributed by atoms with Crippen molar-refractivity contribution >= 4 is 21.6 Å². The van der Waals surface area contributed by atoms with Crippen LogP contribution in [0.5, 0.6) is 0 Å². The minimum absolute atomic E-state index is 0.0421. The molecule has 1 aliphatic carbocycles. The number of aliphatic hydroxyl groups is 1. The van der Waals surface area contributed by atoms with E-state index in [1.54, 1.807) is 6.07 Å². The molecule has 0 aliphatic heterocycles. The van der Waals surface area contributed by atoms with E-state index in [1.807, 2.05) is 6.92 Å². The first-order chi connectivity index (χ1) is 8.92. The normalized spacial score (nSPS) is 18.1. The zero-order valence-electron chi connectivity index (χ0n) is 10.8. The van der Waals surface area contributed by atoms with Crippen molar-refractivity contribution in [1.82, 2.24) is 4.72 Å². The van der Waals surface area contributed by atoms with Crippen LogP contribution in [0.15, 0.2) is 23.1 Å². The molecule has 1 aromatic carbocycles. The number of aliphatic hydroxyl groups excluding tert-OH is 1. The third-order valence-electron chi connectivity index (χ3n) is 3.81. The van der Waals surface area contributed by atoms with Gasteiger partial charge in [0.2, 0.25) is 10.0 Å². The zero-order chi connectivity index (χ0) is 14.1. The summed E-state index contributed by atoms with van der Waals surface area (Å²) in [5, 5.41) is 9.27. The molecule has 19 heavy (non-hydrogen) atoms. The van der Waals surface area contributed by atoms with Gasteiger partial charge < -0.3 is 5.11 Å². The van der Waals surface area contributed by atoms with Crippen molar-refractivity contribution in [3.05, 3.63) is 28.8 Å². The molecule has 1 aliphatic rings. The first-order valence-corrected chi connectivity index (χ1v) is 8.22. The van der Waals surface area contributed by atoms with E-state index in [0.717, 1.165) is 25.7 Å². The number of nitrogens with one attached hydrogen (secondary N) is 1. The summed E-state index contributed by atoms with van der Waals surface area (Å²) in [4.78, 5) is 0.0421. The van der Waals surface area contributed by atoms with Crippen LogP contribution in [0.2, 0.25) is 5.02 Å². The molecular formula is C13H18ClNO3S. The summed E-state index contributed by atoms with van der Waals surface area (Å²) in [5.74, 6) is 0. The van der Waals surface area contributed by atoms with E-state index >= 15 is 0 Å². The van der Waals surface area contributed by atoms with Gasteiger partial charge in [0, 0.05) is 5.54 Å². The Hall–Kier alpha value is -0.620. The van der Waals surface area contributed by atoms with Gasteiger partial charge in [-0.2, -0.15) is 0 Å². The van der Waals surface area contributed by atoms with Crippen LogP contribution in [0, 0.1) is 0 Å². The summed E-state index contributed by atoms with van der Waals surface area (Å²) in [7, 11) is -3.65. The van der Waals surface area contributed by atoms with Crippen LogP contribution >= 0.6 is 11.6 Å². The maximum atomic E-state index is 12.4. The molecule has 0 amide bonds. The van der Waals surface area contributed by atoms with Gasteiger partial charge >= 0.3 is 0 Å². The minimum atomic E-state index is -3.65. The molecule has 0 spiro atoms. The molecule has 0 radical (unpaired) electrons. The van der Waals surface area contributed by atoms with Crippen LogP contribution in [0.3, 0.4) is 0 Å². The van der Waals surface area contributed by atoms with Gasteiger partial charge in [-0.15, -0.1) is 0 Å². The summed E-state index contributed by atoms with van der Waals surface area (Å²) in [6.07, 6.45) is 3.53. The maximum absolute atomic E-state index is 12.4. The highest BCUT2D eigenvalue weighted by atomic mass is 35.5. The fourth-order valence-electron chi connectivity index (χ4n) is 2.32. The SMILES string of the molecule is CCC1(NS(=O)(=O)c2cc(CO)ccc2Cl)CCC1. The number of halogens is 1. The van der Waals surface area contributed by atoms with E-state index < -0.39 is 10.0 Å². The molecule has 0 bridgehead atoms. The second kappa shape index (κ2) is 5.40. The number of benzene rings is 1. The third-order valence-corrected chi connectivity index (χ3v) is 5.87. The summed E-state index contributed by atoms with van der Waals surface area (Å²) >= 11 is 5.97. The third kappa shape index (κ3) is 2.94. The summed E-state index contributed by atoms with van der Waals surface area (Å²) in [5.41, 5.74) is 0.209. The Labute approximate surface area is 118 Å². The lowest BCUT2D eigenvalue weighted by molar-refractivity contribution is 0.214. The molecule has 106 valence electrons. The van der Waals surface area contributed by atoms with Gasteiger partial charge in [-0.3, -0.25) is 0 Å². The van der Waals surface area contributed by atoms with Gasteiger partial charge in [-0.25, -0.2) is 13.1 Å². The lowest BCUT2D eigenvalue weighted by Gasteiger charge is -2.41. The van der Waals surface area contributed by atoms with Gasteiger partial charge in [-0.05, 0) is 43.4 Å². The van der Waals surface area contributed by atoms with Crippen LogP contribution in [-0.4, -0.2) is 19.1 Å².